The van der Waals surface area contributed by atoms with Gasteiger partial charge in [0.2, 0.25) is 0 Å². The number of methoxy groups -OCH3 is 1. The second kappa shape index (κ2) is 5.42. The highest BCUT2D eigenvalue weighted by atomic mass is 16.5. The summed E-state index contributed by atoms with van der Waals surface area (Å²) < 4.78 is 5.11. The lowest BCUT2D eigenvalue weighted by Gasteiger charge is -2.27. The Morgan fingerprint density at radius 3 is 2.56 bits per heavy atom. The summed E-state index contributed by atoms with van der Waals surface area (Å²) in [5.41, 5.74) is 0.753. The Labute approximate surface area is 109 Å². The molecule has 0 saturated carbocycles. The maximum Gasteiger partial charge on any atom is 0.254 e. The summed E-state index contributed by atoms with van der Waals surface area (Å²) >= 11 is 0. The van der Waals surface area contributed by atoms with Crippen LogP contribution in [0, 0.1) is 5.92 Å². The third-order valence-electron chi connectivity index (χ3n) is 3.67. The summed E-state index contributed by atoms with van der Waals surface area (Å²) in [6.07, 6.45) is 2.24. The van der Waals surface area contributed by atoms with Crippen molar-refractivity contribution in [3.8, 4) is 5.75 Å². The highest BCUT2D eigenvalue weighted by molar-refractivity contribution is 5.94. The maximum atomic E-state index is 12.4. The zero-order valence-electron chi connectivity index (χ0n) is 11.3. The van der Waals surface area contributed by atoms with Crippen LogP contribution < -0.4 is 4.74 Å². The average molecular weight is 247 g/mol. The molecule has 18 heavy (non-hydrogen) atoms. The van der Waals surface area contributed by atoms with Gasteiger partial charge in [0.1, 0.15) is 5.75 Å². The Balaban J connectivity index is 2.14. The van der Waals surface area contributed by atoms with Crippen LogP contribution in [0.15, 0.2) is 24.3 Å². The molecule has 1 aliphatic rings. The molecule has 0 aromatic heterocycles. The van der Waals surface area contributed by atoms with E-state index in [2.05, 4.69) is 13.8 Å². The minimum atomic E-state index is 0.147. The van der Waals surface area contributed by atoms with E-state index in [1.165, 1.54) is 0 Å². The molecular weight excluding hydrogens is 226 g/mol. The number of carbonyl (C=O) groups is 1. The Bertz CT molecular complexity index is 411. The first-order valence-corrected chi connectivity index (χ1v) is 6.58. The van der Waals surface area contributed by atoms with E-state index >= 15 is 0 Å². The van der Waals surface area contributed by atoms with E-state index in [1.807, 2.05) is 29.2 Å². The van der Waals surface area contributed by atoms with Crippen LogP contribution in [0.2, 0.25) is 0 Å². The van der Waals surface area contributed by atoms with Gasteiger partial charge < -0.3 is 9.64 Å². The summed E-state index contributed by atoms with van der Waals surface area (Å²) in [5, 5.41) is 0. The molecule has 1 aromatic carbocycles. The van der Waals surface area contributed by atoms with Gasteiger partial charge in [-0.15, -0.1) is 0 Å². The van der Waals surface area contributed by atoms with Crippen LogP contribution in [-0.2, 0) is 0 Å². The van der Waals surface area contributed by atoms with Gasteiger partial charge >= 0.3 is 0 Å². The summed E-state index contributed by atoms with van der Waals surface area (Å²) in [7, 11) is 1.63. The van der Waals surface area contributed by atoms with Gasteiger partial charge in [-0.2, -0.15) is 0 Å². The normalized spacial score (nSPS) is 19.3. The topological polar surface area (TPSA) is 29.5 Å². The van der Waals surface area contributed by atoms with Crippen molar-refractivity contribution in [3.63, 3.8) is 0 Å². The molecule has 3 heteroatoms. The highest BCUT2D eigenvalue weighted by Crippen LogP contribution is 2.26. The number of carbonyl (C=O) groups excluding carboxylic acids is 1. The van der Waals surface area contributed by atoms with Gasteiger partial charge in [0.05, 0.1) is 7.11 Å². The maximum absolute atomic E-state index is 12.4. The van der Waals surface area contributed by atoms with E-state index in [4.69, 9.17) is 4.74 Å². The lowest BCUT2D eigenvalue weighted by atomic mass is 10.0. The molecule has 1 aromatic rings. The summed E-state index contributed by atoms with van der Waals surface area (Å²) in [4.78, 5) is 14.5. The van der Waals surface area contributed by atoms with Crippen LogP contribution in [-0.4, -0.2) is 30.5 Å². The number of hydrogen-bond donors (Lipinski definition) is 0. The molecular formula is C15H21NO2. The van der Waals surface area contributed by atoms with Crippen molar-refractivity contribution < 1.29 is 9.53 Å². The predicted octanol–water partition coefficient (Wildman–Crippen LogP) is 2.96. The quantitative estimate of drug-likeness (QED) is 0.822. The van der Waals surface area contributed by atoms with E-state index in [0.29, 0.717) is 12.0 Å². The van der Waals surface area contributed by atoms with Gasteiger partial charge in [-0.05, 0) is 43.0 Å². The van der Waals surface area contributed by atoms with E-state index < -0.39 is 0 Å². The van der Waals surface area contributed by atoms with Gasteiger partial charge in [0.25, 0.3) is 5.91 Å². The number of ether oxygens (including phenoxy) is 1. The summed E-state index contributed by atoms with van der Waals surface area (Å²) in [6.45, 7) is 5.25. The molecule has 2 rings (SSSR count). The number of benzene rings is 1. The van der Waals surface area contributed by atoms with Crippen molar-refractivity contribution in [3.05, 3.63) is 29.8 Å². The number of amides is 1. The highest BCUT2D eigenvalue weighted by Gasteiger charge is 2.31. The fourth-order valence-corrected chi connectivity index (χ4v) is 2.64. The van der Waals surface area contributed by atoms with Crippen molar-refractivity contribution in [2.24, 2.45) is 5.92 Å². The molecule has 0 aliphatic carbocycles. The Hall–Kier alpha value is -1.51. The van der Waals surface area contributed by atoms with Crippen molar-refractivity contribution >= 4 is 5.91 Å². The summed E-state index contributed by atoms with van der Waals surface area (Å²) in [5.74, 6) is 1.46. The van der Waals surface area contributed by atoms with Crippen molar-refractivity contribution in [2.45, 2.75) is 32.7 Å². The number of nitrogens with zero attached hydrogens (tertiary/aromatic N) is 1. The number of hydrogen-bond acceptors (Lipinski definition) is 2. The van der Waals surface area contributed by atoms with Gasteiger partial charge in [0, 0.05) is 18.2 Å². The Kier molecular flexibility index (Phi) is 3.90. The molecule has 1 aliphatic heterocycles. The average Bonchev–Trinajstić information content (AvgIpc) is 2.87. The SMILES string of the molecule is COc1ccc(C(=O)N2CCCC2C(C)C)cc1. The van der Waals surface area contributed by atoms with Crippen LogP contribution in [0.3, 0.4) is 0 Å². The van der Waals surface area contributed by atoms with Crippen LogP contribution in [0.4, 0.5) is 0 Å². The molecule has 1 unspecified atom stereocenters. The number of rotatable bonds is 3. The molecule has 0 radical (unpaired) electrons. The molecule has 0 bridgehead atoms. The van der Waals surface area contributed by atoms with Gasteiger partial charge in [-0.3, -0.25) is 4.79 Å². The Morgan fingerprint density at radius 1 is 1.33 bits per heavy atom. The van der Waals surface area contributed by atoms with Gasteiger partial charge in [-0.1, -0.05) is 13.8 Å². The van der Waals surface area contributed by atoms with Crippen LogP contribution in [0.5, 0.6) is 5.75 Å². The van der Waals surface area contributed by atoms with Gasteiger partial charge in [-0.25, -0.2) is 0 Å². The second-order valence-corrected chi connectivity index (χ2v) is 5.18. The second-order valence-electron chi connectivity index (χ2n) is 5.18. The lowest BCUT2D eigenvalue weighted by Crippen LogP contribution is -2.38. The first-order chi connectivity index (χ1) is 8.63. The van der Waals surface area contributed by atoms with Crippen LogP contribution >= 0.6 is 0 Å². The molecule has 0 N–H and O–H groups in total. The van der Waals surface area contributed by atoms with Crippen molar-refractivity contribution in [2.75, 3.05) is 13.7 Å². The lowest BCUT2D eigenvalue weighted by molar-refractivity contribution is 0.0701. The molecule has 1 saturated heterocycles. The fourth-order valence-electron chi connectivity index (χ4n) is 2.64. The third kappa shape index (κ3) is 2.50. The Morgan fingerprint density at radius 2 is 2.00 bits per heavy atom. The van der Waals surface area contributed by atoms with Gasteiger partial charge in [0.15, 0.2) is 0 Å². The number of likely N-dealkylation sites (tertiary alicyclic amines) is 1. The molecule has 1 fully saturated rings. The van der Waals surface area contributed by atoms with Crippen LogP contribution in [0.25, 0.3) is 0 Å². The largest absolute Gasteiger partial charge is 0.497 e. The monoisotopic (exact) mass is 247 g/mol. The third-order valence-corrected chi connectivity index (χ3v) is 3.67. The predicted molar refractivity (Wildman–Crippen MR) is 71.9 cm³/mol. The molecule has 1 heterocycles. The molecule has 98 valence electrons. The smallest absolute Gasteiger partial charge is 0.254 e. The fraction of sp³-hybridized carbons (Fsp3) is 0.533. The minimum absolute atomic E-state index is 0.147. The van der Waals surface area contributed by atoms with Crippen molar-refractivity contribution in [1.29, 1.82) is 0 Å². The van der Waals surface area contributed by atoms with E-state index in [1.54, 1.807) is 7.11 Å². The molecule has 1 atom stereocenters. The van der Waals surface area contributed by atoms with Crippen molar-refractivity contribution in [1.82, 2.24) is 4.90 Å². The molecule has 3 nitrogen and oxygen atoms in total. The van der Waals surface area contributed by atoms with E-state index in [0.717, 1.165) is 30.7 Å². The molecule has 0 spiro atoms. The zero-order chi connectivity index (χ0) is 13.1. The van der Waals surface area contributed by atoms with E-state index in [9.17, 15) is 4.79 Å². The first kappa shape index (κ1) is 12.9. The van der Waals surface area contributed by atoms with E-state index in [-0.39, 0.29) is 5.91 Å². The summed E-state index contributed by atoms with van der Waals surface area (Å²) in [6, 6.07) is 7.76. The zero-order valence-corrected chi connectivity index (χ0v) is 11.3. The first-order valence-electron chi connectivity index (χ1n) is 6.58. The molecule has 1 amide bonds. The van der Waals surface area contributed by atoms with Crippen LogP contribution in [0.1, 0.15) is 37.0 Å². The minimum Gasteiger partial charge on any atom is -0.497 e. The standard InChI is InChI=1S/C15H21NO2/c1-11(2)14-5-4-10-16(14)15(17)12-6-8-13(18-3)9-7-12/h6-9,11,14H,4-5,10H2,1-3H3.